The molecule has 4 atom stereocenters. The number of anilines is 2. The molecule has 2 bridgehead atoms. The molecule has 2 N–H and O–H groups in total. The lowest BCUT2D eigenvalue weighted by Crippen LogP contribution is -2.52. The highest BCUT2D eigenvalue weighted by Gasteiger charge is 2.49. The van der Waals surface area contributed by atoms with Crippen LogP contribution in [0.1, 0.15) is 48.9 Å². The monoisotopic (exact) mass is 568 g/mol. The summed E-state index contributed by atoms with van der Waals surface area (Å²) in [5.74, 6) is 4.02. The number of rotatable bonds is 5. The Bertz CT molecular complexity index is 1580. The van der Waals surface area contributed by atoms with E-state index in [0.29, 0.717) is 44.2 Å². The van der Waals surface area contributed by atoms with Crippen molar-refractivity contribution in [3.63, 3.8) is 0 Å². The molecule has 0 aliphatic carbocycles. The van der Waals surface area contributed by atoms with Gasteiger partial charge in [0, 0.05) is 73.0 Å². The zero-order chi connectivity index (χ0) is 28.4. The lowest BCUT2D eigenvalue weighted by molar-refractivity contribution is 0.107. The molecule has 2 aromatic carbocycles. The van der Waals surface area contributed by atoms with Gasteiger partial charge in [0.25, 0.3) is 0 Å². The van der Waals surface area contributed by atoms with E-state index < -0.39 is 6.17 Å². The van der Waals surface area contributed by atoms with Crippen LogP contribution in [0.2, 0.25) is 0 Å². The van der Waals surface area contributed by atoms with Gasteiger partial charge in [-0.25, -0.2) is 4.39 Å². The van der Waals surface area contributed by atoms with E-state index in [1.165, 1.54) is 18.4 Å². The number of fused-ring (bicyclic) bond motifs is 5. The van der Waals surface area contributed by atoms with Crippen molar-refractivity contribution in [2.45, 2.75) is 68.9 Å². The SMILES string of the molecule is C#Cc1cccc2cc(O)cc(N3CCc4c(nc(OC[C@@]56CCCN5C[C@H](F)C6)nc4N4C[C@H]5CC[C@@H](C4)N5)C3)c12. The van der Waals surface area contributed by atoms with Gasteiger partial charge in [-0.1, -0.05) is 18.1 Å². The fourth-order valence-electron chi connectivity index (χ4n) is 8.30. The molecule has 218 valence electrons. The molecule has 9 heteroatoms. The Kier molecular flexibility index (Phi) is 6.20. The number of aromatic hydroxyl groups is 1. The van der Waals surface area contributed by atoms with E-state index >= 15 is 0 Å². The summed E-state index contributed by atoms with van der Waals surface area (Å²) < 4.78 is 20.9. The summed E-state index contributed by atoms with van der Waals surface area (Å²) >= 11 is 0. The van der Waals surface area contributed by atoms with E-state index in [9.17, 15) is 9.50 Å². The molecule has 8 nitrogen and oxygen atoms in total. The van der Waals surface area contributed by atoms with Gasteiger partial charge in [-0.15, -0.1) is 6.42 Å². The van der Waals surface area contributed by atoms with Crippen LogP contribution in [0, 0.1) is 12.3 Å². The molecule has 5 aliphatic rings. The maximum absolute atomic E-state index is 14.4. The van der Waals surface area contributed by atoms with Gasteiger partial charge in [0.1, 0.15) is 24.3 Å². The molecule has 42 heavy (non-hydrogen) atoms. The van der Waals surface area contributed by atoms with Crippen molar-refractivity contribution in [2.75, 3.05) is 49.1 Å². The Labute approximate surface area is 245 Å². The van der Waals surface area contributed by atoms with Gasteiger partial charge < -0.3 is 25.0 Å². The fraction of sp³-hybridized carbons (Fsp3) is 0.515. The van der Waals surface area contributed by atoms with Gasteiger partial charge >= 0.3 is 6.01 Å². The van der Waals surface area contributed by atoms with Crippen LogP contribution >= 0.6 is 0 Å². The highest BCUT2D eigenvalue weighted by atomic mass is 19.1. The summed E-state index contributed by atoms with van der Waals surface area (Å²) in [6.45, 7) is 4.99. The average Bonchev–Trinajstić information content (AvgIpc) is 3.64. The first-order chi connectivity index (χ1) is 20.5. The maximum atomic E-state index is 14.4. The summed E-state index contributed by atoms with van der Waals surface area (Å²) in [6, 6.07) is 10.8. The molecule has 3 aromatic rings. The van der Waals surface area contributed by atoms with Crippen LogP contribution in [0.5, 0.6) is 11.8 Å². The van der Waals surface area contributed by atoms with Crippen LogP contribution in [0.3, 0.4) is 0 Å². The number of piperazine rings is 1. The van der Waals surface area contributed by atoms with Crippen LogP contribution < -0.4 is 19.9 Å². The van der Waals surface area contributed by atoms with E-state index in [-0.39, 0.29) is 11.3 Å². The van der Waals surface area contributed by atoms with Crippen LogP contribution in [-0.2, 0) is 13.0 Å². The Morgan fingerprint density at radius 1 is 1.12 bits per heavy atom. The first-order valence-electron chi connectivity index (χ1n) is 15.4. The zero-order valence-corrected chi connectivity index (χ0v) is 23.9. The predicted octanol–water partition coefficient (Wildman–Crippen LogP) is 3.78. The van der Waals surface area contributed by atoms with E-state index in [4.69, 9.17) is 21.1 Å². The number of benzene rings is 2. The molecular formula is C33H37FN6O2. The number of hydrogen-bond donors (Lipinski definition) is 2. The number of ether oxygens (including phenoxy) is 1. The van der Waals surface area contributed by atoms with E-state index in [1.54, 1.807) is 6.07 Å². The summed E-state index contributed by atoms with van der Waals surface area (Å²) in [7, 11) is 0. The first-order valence-corrected chi connectivity index (χ1v) is 15.4. The first kappa shape index (κ1) is 26.1. The minimum absolute atomic E-state index is 0.212. The van der Waals surface area contributed by atoms with E-state index in [0.717, 1.165) is 79.0 Å². The molecule has 0 unspecified atom stereocenters. The molecule has 0 radical (unpaired) electrons. The number of phenolic OH excluding ortho intramolecular Hbond substituents is 1. The van der Waals surface area contributed by atoms with Crippen LogP contribution in [0.25, 0.3) is 10.8 Å². The Hall–Kier alpha value is -3.61. The number of nitrogens with zero attached hydrogens (tertiary/aromatic N) is 5. The summed E-state index contributed by atoms with van der Waals surface area (Å²) in [5, 5.41) is 16.2. The van der Waals surface area contributed by atoms with E-state index in [1.807, 2.05) is 24.3 Å². The summed E-state index contributed by atoms with van der Waals surface area (Å²) in [4.78, 5) is 17.0. The number of nitrogens with one attached hydrogen (secondary N) is 1. The van der Waals surface area contributed by atoms with Crippen molar-refractivity contribution in [2.24, 2.45) is 0 Å². The standard InChI is InChI=1S/C33H37FN6O2/c1-2-21-5-3-6-22-13-26(41)14-29(30(21)22)38-12-9-27-28(19-38)36-32(37-31(27)39-17-24-7-8-25(18-39)35-24)42-20-33-10-4-11-40(33)16-23(34)15-33/h1,3,5-6,13-14,23-25,35,41H,4,7-12,15-20H2/t23-,24-,25+,33+/m1/s1. The molecule has 1 aromatic heterocycles. The number of hydrogen-bond acceptors (Lipinski definition) is 8. The van der Waals surface area contributed by atoms with Crippen molar-refractivity contribution in [1.82, 2.24) is 20.2 Å². The third kappa shape index (κ3) is 4.35. The lowest BCUT2D eigenvalue weighted by atomic mass is 9.95. The third-order valence-electron chi connectivity index (χ3n) is 10.2. The fourth-order valence-corrected chi connectivity index (χ4v) is 8.30. The molecule has 5 aliphatic heterocycles. The summed E-state index contributed by atoms with van der Waals surface area (Å²) in [5.41, 5.74) is 3.57. The van der Waals surface area contributed by atoms with Gasteiger partial charge in [-0.3, -0.25) is 4.90 Å². The van der Waals surface area contributed by atoms with Crippen LogP contribution in [0.4, 0.5) is 15.9 Å². The van der Waals surface area contributed by atoms with Crippen LogP contribution in [0.15, 0.2) is 30.3 Å². The third-order valence-corrected chi connectivity index (χ3v) is 10.2. The lowest BCUT2D eigenvalue weighted by Gasteiger charge is -2.38. The summed E-state index contributed by atoms with van der Waals surface area (Å²) in [6.07, 6.45) is 10.8. The Balaban J connectivity index is 1.16. The van der Waals surface area contributed by atoms with Crippen molar-refractivity contribution < 1.29 is 14.2 Å². The molecule has 6 heterocycles. The topological polar surface area (TPSA) is 77.0 Å². The smallest absolute Gasteiger partial charge is 0.318 e. The number of terminal acetylenes is 1. The van der Waals surface area contributed by atoms with Crippen molar-refractivity contribution in [3.05, 3.63) is 47.2 Å². The molecular weight excluding hydrogens is 531 g/mol. The molecule has 4 fully saturated rings. The normalized spacial score (nSPS) is 28.6. The minimum atomic E-state index is -0.802. The van der Waals surface area contributed by atoms with Crippen molar-refractivity contribution in [3.8, 4) is 24.1 Å². The second kappa shape index (κ2) is 9.99. The van der Waals surface area contributed by atoms with Crippen molar-refractivity contribution in [1.29, 1.82) is 0 Å². The average molecular weight is 569 g/mol. The number of phenols is 1. The molecule has 0 saturated carbocycles. The highest BCUT2D eigenvalue weighted by Crippen LogP contribution is 2.41. The van der Waals surface area contributed by atoms with E-state index in [2.05, 4.69) is 25.9 Å². The second-order valence-electron chi connectivity index (χ2n) is 12.8. The van der Waals surface area contributed by atoms with Gasteiger partial charge in [0.2, 0.25) is 0 Å². The number of halogens is 1. The largest absolute Gasteiger partial charge is 0.508 e. The van der Waals surface area contributed by atoms with Crippen molar-refractivity contribution >= 4 is 22.3 Å². The molecule has 0 spiro atoms. The zero-order valence-electron chi connectivity index (χ0n) is 23.9. The number of aromatic nitrogens is 2. The van der Waals surface area contributed by atoms with Gasteiger partial charge in [0.15, 0.2) is 0 Å². The van der Waals surface area contributed by atoms with Gasteiger partial charge in [-0.2, -0.15) is 9.97 Å². The Morgan fingerprint density at radius 3 is 2.81 bits per heavy atom. The molecule has 4 saturated heterocycles. The number of alkyl halides is 1. The van der Waals surface area contributed by atoms with Gasteiger partial charge in [0.05, 0.1) is 17.8 Å². The quantitative estimate of drug-likeness (QED) is 0.451. The Morgan fingerprint density at radius 2 is 1.98 bits per heavy atom. The maximum Gasteiger partial charge on any atom is 0.318 e. The molecule has 0 amide bonds. The molecule has 8 rings (SSSR count). The van der Waals surface area contributed by atoms with Gasteiger partial charge in [-0.05, 0) is 56.2 Å². The minimum Gasteiger partial charge on any atom is -0.508 e. The van der Waals surface area contributed by atoms with Crippen LogP contribution in [-0.4, -0.2) is 83.1 Å². The highest BCUT2D eigenvalue weighted by molar-refractivity contribution is 6.00. The second-order valence-corrected chi connectivity index (χ2v) is 12.8. The predicted molar refractivity (Wildman–Crippen MR) is 161 cm³/mol.